The Morgan fingerprint density at radius 1 is 1.57 bits per heavy atom. The number of amides is 1. The number of halogens is 1. The van der Waals surface area contributed by atoms with Crippen molar-refractivity contribution in [3.8, 4) is 0 Å². The summed E-state index contributed by atoms with van der Waals surface area (Å²) in [6, 6.07) is 4.11. The van der Waals surface area contributed by atoms with E-state index < -0.39 is 0 Å². The quantitative estimate of drug-likeness (QED) is 0.780. The Balaban J connectivity index is 2.07. The van der Waals surface area contributed by atoms with Crippen LogP contribution in [0, 0.1) is 0 Å². The third-order valence-corrected chi connectivity index (χ3v) is 3.33. The monoisotopic (exact) mass is 276 g/mol. The fourth-order valence-electron chi connectivity index (χ4n) is 1.05. The van der Waals surface area contributed by atoms with Gasteiger partial charge < -0.3 is 11.1 Å². The molecule has 1 aromatic heterocycles. The van der Waals surface area contributed by atoms with Crippen molar-refractivity contribution in [1.29, 1.82) is 0 Å². The van der Waals surface area contributed by atoms with Gasteiger partial charge in [0.1, 0.15) is 0 Å². The van der Waals surface area contributed by atoms with Gasteiger partial charge in [0, 0.05) is 17.8 Å². The molecule has 0 bridgehead atoms. The lowest BCUT2D eigenvalue weighted by molar-refractivity contribution is -0.118. The fraction of sp³-hybridized carbons (Fsp3) is 0.444. The van der Waals surface area contributed by atoms with E-state index in [0.29, 0.717) is 6.42 Å². The minimum atomic E-state index is -0.231. The first-order valence-electron chi connectivity index (χ1n) is 4.41. The summed E-state index contributed by atoms with van der Waals surface area (Å²) in [5, 5.41) is 3.25. The molecule has 0 atom stereocenters. The SMILES string of the molecule is NC(=O)CCCNCc1ccc(Br)s1. The molecule has 0 unspecified atom stereocenters. The van der Waals surface area contributed by atoms with E-state index in [1.807, 2.05) is 6.07 Å². The average molecular weight is 277 g/mol. The smallest absolute Gasteiger partial charge is 0.217 e. The van der Waals surface area contributed by atoms with E-state index in [2.05, 4.69) is 27.3 Å². The molecule has 1 amide bonds. The van der Waals surface area contributed by atoms with Gasteiger partial charge >= 0.3 is 0 Å². The summed E-state index contributed by atoms with van der Waals surface area (Å²) >= 11 is 5.12. The van der Waals surface area contributed by atoms with Gasteiger partial charge in [0.15, 0.2) is 0 Å². The predicted molar refractivity (Wildman–Crippen MR) is 62.2 cm³/mol. The van der Waals surface area contributed by atoms with Gasteiger partial charge in [-0.15, -0.1) is 11.3 Å². The topological polar surface area (TPSA) is 55.1 Å². The number of nitrogens with two attached hydrogens (primary N) is 1. The van der Waals surface area contributed by atoms with E-state index >= 15 is 0 Å². The second-order valence-corrected chi connectivity index (χ2v) is 5.50. The summed E-state index contributed by atoms with van der Waals surface area (Å²) < 4.78 is 1.14. The van der Waals surface area contributed by atoms with Crippen molar-refractivity contribution < 1.29 is 4.79 Å². The molecule has 78 valence electrons. The lowest BCUT2D eigenvalue weighted by Crippen LogP contribution is -2.17. The summed E-state index contributed by atoms with van der Waals surface area (Å²) in [6.45, 7) is 1.69. The van der Waals surface area contributed by atoms with Crippen molar-refractivity contribution in [2.24, 2.45) is 5.73 Å². The number of nitrogens with one attached hydrogen (secondary N) is 1. The van der Waals surface area contributed by atoms with E-state index in [0.717, 1.165) is 23.3 Å². The van der Waals surface area contributed by atoms with Gasteiger partial charge in [-0.05, 0) is 41.0 Å². The third kappa shape index (κ3) is 4.74. The zero-order valence-electron chi connectivity index (χ0n) is 7.75. The molecule has 1 heterocycles. The van der Waals surface area contributed by atoms with E-state index in [1.165, 1.54) is 4.88 Å². The number of carbonyl (C=O) groups excluding carboxylic acids is 1. The molecule has 0 aliphatic rings. The zero-order valence-corrected chi connectivity index (χ0v) is 10.2. The van der Waals surface area contributed by atoms with Crippen LogP contribution in [-0.4, -0.2) is 12.5 Å². The highest BCUT2D eigenvalue weighted by molar-refractivity contribution is 9.11. The molecule has 0 saturated carbocycles. The van der Waals surface area contributed by atoms with Crippen LogP contribution in [0.4, 0.5) is 0 Å². The maximum atomic E-state index is 10.4. The first-order chi connectivity index (χ1) is 6.68. The normalized spacial score (nSPS) is 10.4. The molecule has 0 aliphatic heterocycles. The Bertz CT molecular complexity index is 301. The second-order valence-electron chi connectivity index (χ2n) is 2.95. The van der Waals surface area contributed by atoms with Gasteiger partial charge in [-0.3, -0.25) is 4.79 Å². The predicted octanol–water partition coefficient (Wildman–Crippen LogP) is 1.87. The highest BCUT2D eigenvalue weighted by Gasteiger charge is 1.97. The first-order valence-corrected chi connectivity index (χ1v) is 6.02. The number of rotatable bonds is 6. The van der Waals surface area contributed by atoms with Gasteiger partial charge in [0.25, 0.3) is 0 Å². The van der Waals surface area contributed by atoms with Crippen molar-refractivity contribution in [2.75, 3.05) is 6.54 Å². The van der Waals surface area contributed by atoms with Crippen molar-refractivity contribution >= 4 is 33.2 Å². The van der Waals surface area contributed by atoms with E-state index in [4.69, 9.17) is 5.73 Å². The minimum Gasteiger partial charge on any atom is -0.370 e. The zero-order chi connectivity index (χ0) is 10.4. The molecule has 0 aliphatic carbocycles. The second kappa shape index (κ2) is 6.16. The van der Waals surface area contributed by atoms with Crippen LogP contribution in [0.3, 0.4) is 0 Å². The van der Waals surface area contributed by atoms with Crippen molar-refractivity contribution in [1.82, 2.24) is 5.32 Å². The summed E-state index contributed by atoms with van der Waals surface area (Å²) in [5.74, 6) is -0.231. The molecule has 3 N–H and O–H groups in total. The number of hydrogen-bond acceptors (Lipinski definition) is 3. The van der Waals surface area contributed by atoms with Crippen LogP contribution in [0.5, 0.6) is 0 Å². The Morgan fingerprint density at radius 3 is 2.93 bits per heavy atom. The maximum Gasteiger partial charge on any atom is 0.217 e. The molecule has 0 radical (unpaired) electrons. The van der Waals surface area contributed by atoms with Crippen LogP contribution in [-0.2, 0) is 11.3 Å². The molecular formula is C9H13BrN2OS. The fourth-order valence-corrected chi connectivity index (χ4v) is 2.50. The minimum absolute atomic E-state index is 0.231. The number of hydrogen-bond donors (Lipinski definition) is 2. The van der Waals surface area contributed by atoms with E-state index in [9.17, 15) is 4.79 Å². The molecule has 5 heteroatoms. The largest absolute Gasteiger partial charge is 0.370 e. The summed E-state index contributed by atoms with van der Waals surface area (Å²) in [5.41, 5.74) is 5.02. The van der Waals surface area contributed by atoms with Crippen molar-refractivity contribution in [3.63, 3.8) is 0 Å². The summed E-state index contributed by atoms with van der Waals surface area (Å²) in [4.78, 5) is 11.7. The summed E-state index contributed by atoms with van der Waals surface area (Å²) in [6.07, 6.45) is 1.27. The highest BCUT2D eigenvalue weighted by atomic mass is 79.9. The Hall–Kier alpha value is -0.390. The van der Waals surface area contributed by atoms with Crippen LogP contribution in [0.1, 0.15) is 17.7 Å². The maximum absolute atomic E-state index is 10.4. The van der Waals surface area contributed by atoms with Crippen LogP contribution in [0.15, 0.2) is 15.9 Å². The molecule has 0 saturated heterocycles. The van der Waals surface area contributed by atoms with Crippen LogP contribution >= 0.6 is 27.3 Å². The van der Waals surface area contributed by atoms with Gasteiger partial charge in [-0.25, -0.2) is 0 Å². The molecule has 14 heavy (non-hydrogen) atoms. The molecule has 1 aromatic rings. The lowest BCUT2D eigenvalue weighted by atomic mass is 10.3. The van der Waals surface area contributed by atoms with Gasteiger partial charge in [0.05, 0.1) is 3.79 Å². The average Bonchev–Trinajstić information content (AvgIpc) is 2.50. The standard InChI is InChI=1S/C9H13BrN2OS/c10-8-4-3-7(14-8)6-12-5-1-2-9(11)13/h3-4,12H,1-2,5-6H2,(H2,11,13). The van der Waals surface area contributed by atoms with E-state index in [-0.39, 0.29) is 5.91 Å². The molecule has 0 spiro atoms. The molecule has 3 nitrogen and oxygen atoms in total. The van der Waals surface area contributed by atoms with Gasteiger partial charge in [0.2, 0.25) is 5.91 Å². The molecule has 1 rings (SSSR count). The number of carbonyl (C=O) groups is 1. The molecule has 0 fully saturated rings. The van der Waals surface area contributed by atoms with E-state index in [1.54, 1.807) is 11.3 Å². The van der Waals surface area contributed by atoms with Crippen LogP contribution in [0.25, 0.3) is 0 Å². The highest BCUT2D eigenvalue weighted by Crippen LogP contribution is 2.21. The van der Waals surface area contributed by atoms with Crippen LogP contribution in [0.2, 0.25) is 0 Å². The molecule has 0 aromatic carbocycles. The Morgan fingerprint density at radius 2 is 2.36 bits per heavy atom. The number of primary amides is 1. The van der Waals surface area contributed by atoms with Crippen molar-refractivity contribution in [2.45, 2.75) is 19.4 Å². The first kappa shape index (κ1) is 11.7. The third-order valence-electron chi connectivity index (χ3n) is 1.70. The molecular weight excluding hydrogens is 264 g/mol. The Kier molecular flexibility index (Phi) is 5.14. The van der Waals surface area contributed by atoms with Crippen LogP contribution < -0.4 is 11.1 Å². The van der Waals surface area contributed by atoms with Gasteiger partial charge in [-0.2, -0.15) is 0 Å². The Labute approximate surface area is 95.8 Å². The lowest BCUT2D eigenvalue weighted by Gasteiger charge is -2.00. The summed E-state index contributed by atoms with van der Waals surface area (Å²) in [7, 11) is 0. The van der Waals surface area contributed by atoms with Crippen molar-refractivity contribution in [3.05, 3.63) is 20.8 Å². The van der Waals surface area contributed by atoms with Gasteiger partial charge in [-0.1, -0.05) is 0 Å². The number of thiophene rings is 1.